The van der Waals surface area contributed by atoms with Crippen LogP contribution in [0.1, 0.15) is 24.2 Å². The van der Waals surface area contributed by atoms with Gasteiger partial charge in [0, 0.05) is 5.56 Å². The predicted octanol–water partition coefficient (Wildman–Crippen LogP) is 1.39. The van der Waals surface area contributed by atoms with E-state index in [4.69, 9.17) is 9.47 Å². The zero-order chi connectivity index (χ0) is 11.5. The van der Waals surface area contributed by atoms with Crippen molar-refractivity contribution in [2.24, 2.45) is 0 Å². The van der Waals surface area contributed by atoms with Gasteiger partial charge in [0.05, 0.1) is 0 Å². The third kappa shape index (κ3) is 1.91. The molecule has 16 heavy (non-hydrogen) atoms. The minimum atomic E-state index is -0.905. The molecular weight excluding hydrogens is 208 g/mol. The van der Waals surface area contributed by atoms with Gasteiger partial charge in [-0.3, -0.25) is 0 Å². The predicted molar refractivity (Wildman–Crippen MR) is 55.6 cm³/mol. The Morgan fingerprint density at radius 2 is 2.06 bits per heavy atom. The summed E-state index contributed by atoms with van der Waals surface area (Å²) in [5.74, 6) is -1.00. The SMILES string of the molecule is CCc1ccccc1C1OC(=O)COC1=O. The summed E-state index contributed by atoms with van der Waals surface area (Å²) in [6, 6.07) is 7.39. The molecule has 1 atom stereocenters. The summed E-state index contributed by atoms with van der Waals surface area (Å²) in [6.45, 7) is 1.69. The van der Waals surface area contributed by atoms with E-state index in [9.17, 15) is 9.59 Å². The Kier molecular flexibility index (Phi) is 2.90. The summed E-state index contributed by atoms with van der Waals surface area (Å²) < 4.78 is 9.76. The van der Waals surface area contributed by atoms with Crippen molar-refractivity contribution in [3.8, 4) is 0 Å². The molecule has 0 amide bonds. The molecule has 1 heterocycles. The highest BCUT2D eigenvalue weighted by Crippen LogP contribution is 2.25. The average Bonchev–Trinajstić information content (AvgIpc) is 2.32. The molecule has 1 saturated heterocycles. The molecule has 4 heteroatoms. The topological polar surface area (TPSA) is 52.6 Å². The Bertz CT molecular complexity index is 425. The molecule has 84 valence electrons. The van der Waals surface area contributed by atoms with Gasteiger partial charge in [-0.15, -0.1) is 0 Å². The van der Waals surface area contributed by atoms with Gasteiger partial charge in [-0.05, 0) is 12.0 Å². The Labute approximate surface area is 93.2 Å². The zero-order valence-corrected chi connectivity index (χ0v) is 8.93. The van der Waals surface area contributed by atoms with Crippen molar-refractivity contribution < 1.29 is 19.1 Å². The third-order valence-electron chi connectivity index (χ3n) is 2.51. The molecule has 0 aliphatic carbocycles. The number of carbonyl (C=O) groups excluding carboxylic acids is 2. The molecule has 1 fully saturated rings. The molecule has 0 aromatic heterocycles. The minimum absolute atomic E-state index is 0.288. The smallest absolute Gasteiger partial charge is 0.352 e. The van der Waals surface area contributed by atoms with Crippen LogP contribution in [-0.4, -0.2) is 18.5 Å². The van der Waals surface area contributed by atoms with Crippen LogP contribution in [0.2, 0.25) is 0 Å². The Hall–Kier alpha value is -1.84. The molecule has 0 saturated carbocycles. The third-order valence-corrected chi connectivity index (χ3v) is 2.51. The molecule has 0 radical (unpaired) electrons. The fraction of sp³-hybridized carbons (Fsp3) is 0.333. The Balaban J connectivity index is 2.34. The number of cyclic esters (lactones) is 2. The van der Waals surface area contributed by atoms with Gasteiger partial charge in [0.25, 0.3) is 0 Å². The number of rotatable bonds is 2. The zero-order valence-electron chi connectivity index (χ0n) is 8.93. The maximum Gasteiger partial charge on any atom is 0.352 e. The molecule has 1 unspecified atom stereocenters. The van der Waals surface area contributed by atoms with Crippen LogP contribution in [-0.2, 0) is 25.5 Å². The first kappa shape index (κ1) is 10.7. The largest absolute Gasteiger partial charge is 0.451 e. The summed E-state index contributed by atoms with van der Waals surface area (Å²) in [6.07, 6.45) is -0.130. The van der Waals surface area contributed by atoms with Gasteiger partial charge >= 0.3 is 11.9 Å². The first-order chi connectivity index (χ1) is 7.72. The molecule has 1 aliphatic rings. The van der Waals surface area contributed by atoms with Crippen molar-refractivity contribution in [3.63, 3.8) is 0 Å². The maximum absolute atomic E-state index is 11.5. The summed E-state index contributed by atoms with van der Waals surface area (Å²) in [5.41, 5.74) is 1.70. The second kappa shape index (κ2) is 4.35. The number of esters is 2. The first-order valence-electron chi connectivity index (χ1n) is 5.16. The van der Waals surface area contributed by atoms with Gasteiger partial charge in [0.15, 0.2) is 6.61 Å². The van der Waals surface area contributed by atoms with Gasteiger partial charge in [0.2, 0.25) is 6.10 Å². The van der Waals surface area contributed by atoms with Crippen LogP contribution in [0.4, 0.5) is 0 Å². The van der Waals surface area contributed by atoms with Crippen LogP contribution in [0, 0.1) is 0 Å². The minimum Gasteiger partial charge on any atom is -0.451 e. The van der Waals surface area contributed by atoms with Crippen LogP contribution < -0.4 is 0 Å². The molecule has 1 aromatic carbocycles. The number of ether oxygens (including phenoxy) is 2. The van der Waals surface area contributed by atoms with E-state index in [0.29, 0.717) is 5.56 Å². The van der Waals surface area contributed by atoms with Crippen molar-refractivity contribution in [2.45, 2.75) is 19.4 Å². The second-order valence-corrected chi connectivity index (χ2v) is 3.53. The molecular formula is C12H12O4. The van der Waals surface area contributed by atoms with Crippen LogP contribution in [0.15, 0.2) is 24.3 Å². The molecule has 0 N–H and O–H groups in total. The van der Waals surface area contributed by atoms with Crippen LogP contribution in [0.3, 0.4) is 0 Å². The van der Waals surface area contributed by atoms with Crippen LogP contribution in [0.5, 0.6) is 0 Å². The van der Waals surface area contributed by atoms with Crippen molar-refractivity contribution >= 4 is 11.9 Å². The highest BCUT2D eigenvalue weighted by atomic mass is 16.6. The van der Waals surface area contributed by atoms with Crippen molar-refractivity contribution in [2.75, 3.05) is 6.61 Å². The van der Waals surface area contributed by atoms with E-state index in [1.165, 1.54) is 0 Å². The summed E-state index contributed by atoms with van der Waals surface area (Å²) in [4.78, 5) is 22.6. The fourth-order valence-corrected chi connectivity index (χ4v) is 1.72. The van der Waals surface area contributed by atoms with Gasteiger partial charge in [-0.25, -0.2) is 9.59 Å². The van der Waals surface area contributed by atoms with E-state index >= 15 is 0 Å². The summed E-state index contributed by atoms with van der Waals surface area (Å²) >= 11 is 0. The van der Waals surface area contributed by atoms with Gasteiger partial charge in [0.1, 0.15) is 0 Å². The molecule has 0 spiro atoms. The molecule has 4 nitrogen and oxygen atoms in total. The molecule has 1 aromatic rings. The molecule has 1 aliphatic heterocycles. The lowest BCUT2D eigenvalue weighted by atomic mass is 10.00. The van der Waals surface area contributed by atoms with E-state index < -0.39 is 18.0 Å². The van der Waals surface area contributed by atoms with E-state index in [1.54, 1.807) is 6.07 Å². The molecule has 2 rings (SSSR count). The second-order valence-electron chi connectivity index (χ2n) is 3.53. The van der Waals surface area contributed by atoms with Gasteiger partial charge in [-0.1, -0.05) is 31.2 Å². The average molecular weight is 220 g/mol. The standard InChI is InChI=1S/C12H12O4/c1-2-8-5-3-4-6-9(8)11-12(14)15-7-10(13)16-11/h3-6,11H,2,7H2,1H3. The number of aryl methyl sites for hydroxylation is 1. The summed E-state index contributed by atoms with van der Waals surface area (Å²) in [7, 11) is 0. The Morgan fingerprint density at radius 1 is 1.31 bits per heavy atom. The monoisotopic (exact) mass is 220 g/mol. The molecule has 0 bridgehead atoms. The number of carbonyl (C=O) groups is 2. The lowest BCUT2D eigenvalue weighted by molar-refractivity contribution is -0.185. The van der Waals surface area contributed by atoms with E-state index in [1.807, 2.05) is 25.1 Å². The van der Waals surface area contributed by atoms with E-state index in [2.05, 4.69) is 0 Å². The van der Waals surface area contributed by atoms with Crippen molar-refractivity contribution in [1.29, 1.82) is 0 Å². The van der Waals surface area contributed by atoms with Crippen LogP contribution in [0.25, 0.3) is 0 Å². The van der Waals surface area contributed by atoms with E-state index in [-0.39, 0.29) is 6.61 Å². The highest BCUT2D eigenvalue weighted by Gasteiger charge is 2.32. The lowest BCUT2D eigenvalue weighted by Gasteiger charge is -2.23. The normalized spacial score (nSPS) is 20.2. The first-order valence-corrected chi connectivity index (χ1v) is 5.16. The highest BCUT2D eigenvalue weighted by molar-refractivity contribution is 5.86. The quantitative estimate of drug-likeness (QED) is 0.707. The van der Waals surface area contributed by atoms with Crippen molar-refractivity contribution in [3.05, 3.63) is 35.4 Å². The van der Waals surface area contributed by atoms with Gasteiger partial charge in [-0.2, -0.15) is 0 Å². The number of hydrogen-bond donors (Lipinski definition) is 0. The number of benzene rings is 1. The summed E-state index contributed by atoms with van der Waals surface area (Å²) in [5, 5.41) is 0. The Morgan fingerprint density at radius 3 is 2.81 bits per heavy atom. The maximum atomic E-state index is 11.5. The lowest BCUT2D eigenvalue weighted by Crippen LogP contribution is -2.32. The number of hydrogen-bond acceptors (Lipinski definition) is 4. The van der Waals surface area contributed by atoms with Crippen LogP contribution >= 0.6 is 0 Å². The van der Waals surface area contributed by atoms with Crippen molar-refractivity contribution in [1.82, 2.24) is 0 Å². The van der Waals surface area contributed by atoms with Gasteiger partial charge < -0.3 is 9.47 Å². The fourth-order valence-electron chi connectivity index (χ4n) is 1.72. The van der Waals surface area contributed by atoms with E-state index in [0.717, 1.165) is 12.0 Å².